The van der Waals surface area contributed by atoms with Gasteiger partial charge in [0, 0.05) is 6.54 Å². The molecular weight excluding hydrogens is 210 g/mol. The Morgan fingerprint density at radius 1 is 1.60 bits per heavy atom. The first kappa shape index (κ1) is 11.2. The van der Waals surface area contributed by atoms with Crippen LogP contribution in [0.5, 0.6) is 0 Å². The summed E-state index contributed by atoms with van der Waals surface area (Å²) in [6.45, 7) is -0.310. The lowest BCUT2D eigenvalue weighted by molar-refractivity contribution is -0.390. The molecule has 0 saturated heterocycles. The summed E-state index contributed by atoms with van der Waals surface area (Å²) in [4.78, 5) is 12.9. The molecule has 15 heavy (non-hydrogen) atoms. The van der Waals surface area contributed by atoms with E-state index in [1.54, 1.807) is 0 Å². The highest BCUT2D eigenvalue weighted by atomic mass is 19.3. The predicted octanol–water partition coefficient (Wildman–Crippen LogP) is 0.968. The number of aromatic nitrogens is 1. The van der Waals surface area contributed by atoms with Crippen LogP contribution in [0.25, 0.3) is 0 Å². The highest BCUT2D eigenvalue weighted by Crippen LogP contribution is 2.30. The number of anilines is 1. The Morgan fingerprint density at radius 2 is 2.20 bits per heavy atom. The van der Waals surface area contributed by atoms with Gasteiger partial charge in [0.25, 0.3) is 6.43 Å². The summed E-state index contributed by atoms with van der Waals surface area (Å²) < 4.78 is 24.7. The first-order chi connectivity index (χ1) is 6.99. The average Bonchev–Trinajstić information content (AvgIpc) is 2.16. The topological polar surface area (TPSA) is 108 Å². The van der Waals surface area contributed by atoms with Gasteiger partial charge in [0.15, 0.2) is 6.20 Å². The molecule has 0 bridgehead atoms. The number of rotatable bonds is 3. The van der Waals surface area contributed by atoms with Crippen molar-refractivity contribution < 1.29 is 13.7 Å². The van der Waals surface area contributed by atoms with Crippen molar-refractivity contribution in [2.24, 2.45) is 5.73 Å². The van der Waals surface area contributed by atoms with Gasteiger partial charge in [-0.25, -0.2) is 8.78 Å². The molecule has 0 spiro atoms. The van der Waals surface area contributed by atoms with Crippen LogP contribution in [0.15, 0.2) is 6.20 Å². The second kappa shape index (κ2) is 4.13. The van der Waals surface area contributed by atoms with E-state index in [9.17, 15) is 18.9 Å². The standard InChI is InChI=1S/C7H8F2N4O2/c8-6(9)4-2-12-7(13(14)15)3(1-10)5(4)11/h2,6H,1,10H2,(H2,11,12). The second-order valence-corrected chi connectivity index (χ2v) is 2.69. The Labute approximate surface area is 83.0 Å². The molecule has 1 aromatic rings. The quantitative estimate of drug-likeness (QED) is 0.580. The molecule has 0 unspecified atom stereocenters. The third kappa shape index (κ3) is 1.99. The number of pyridine rings is 1. The summed E-state index contributed by atoms with van der Waals surface area (Å²) in [5, 5.41) is 10.5. The number of nitro groups is 1. The Balaban J connectivity index is 3.39. The maximum atomic E-state index is 12.3. The van der Waals surface area contributed by atoms with Gasteiger partial charge in [-0.05, 0) is 9.91 Å². The highest BCUT2D eigenvalue weighted by Gasteiger charge is 2.24. The Hall–Kier alpha value is -1.83. The number of alkyl halides is 2. The van der Waals surface area contributed by atoms with Gasteiger partial charge in [-0.2, -0.15) is 0 Å². The van der Waals surface area contributed by atoms with Crippen molar-refractivity contribution in [3.63, 3.8) is 0 Å². The van der Waals surface area contributed by atoms with E-state index in [1.807, 2.05) is 0 Å². The van der Waals surface area contributed by atoms with E-state index < -0.39 is 22.7 Å². The van der Waals surface area contributed by atoms with Crippen LogP contribution in [-0.2, 0) is 6.54 Å². The molecule has 82 valence electrons. The van der Waals surface area contributed by atoms with Crippen molar-refractivity contribution in [2.75, 3.05) is 5.73 Å². The van der Waals surface area contributed by atoms with Crippen molar-refractivity contribution in [3.8, 4) is 0 Å². The minimum atomic E-state index is -2.83. The fourth-order valence-electron chi connectivity index (χ4n) is 1.11. The van der Waals surface area contributed by atoms with E-state index in [4.69, 9.17) is 11.5 Å². The van der Waals surface area contributed by atoms with Gasteiger partial charge in [0.1, 0.15) is 0 Å². The lowest BCUT2D eigenvalue weighted by Crippen LogP contribution is -2.10. The Bertz CT molecular complexity index is 397. The normalized spacial score (nSPS) is 10.7. The molecule has 4 N–H and O–H groups in total. The minimum Gasteiger partial charge on any atom is -0.398 e. The van der Waals surface area contributed by atoms with Crippen LogP contribution in [0.3, 0.4) is 0 Å². The van der Waals surface area contributed by atoms with Crippen LogP contribution in [0, 0.1) is 10.1 Å². The molecule has 0 aliphatic carbocycles. The van der Waals surface area contributed by atoms with Crippen molar-refractivity contribution in [1.82, 2.24) is 4.98 Å². The molecule has 0 atom stereocenters. The second-order valence-electron chi connectivity index (χ2n) is 2.69. The molecule has 1 heterocycles. The van der Waals surface area contributed by atoms with Crippen LogP contribution in [0.1, 0.15) is 17.6 Å². The molecule has 0 fully saturated rings. The smallest absolute Gasteiger partial charge is 0.370 e. The molecule has 1 rings (SSSR count). The first-order valence-corrected chi connectivity index (χ1v) is 3.88. The van der Waals surface area contributed by atoms with Gasteiger partial charge in [0.05, 0.1) is 16.8 Å². The van der Waals surface area contributed by atoms with E-state index in [1.165, 1.54) is 0 Å². The molecule has 0 aliphatic heterocycles. The molecule has 0 amide bonds. The summed E-state index contributed by atoms with van der Waals surface area (Å²) in [5.41, 5.74) is 9.44. The summed E-state index contributed by atoms with van der Waals surface area (Å²) in [6.07, 6.45) is -2.14. The molecule has 6 nitrogen and oxygen atoms in total. The van der Waals surface area contributed by atoms with Gasteiger partial charge in [-0.15, -0.1) is 0 Å². The van der Waals surface area contributed by atoms with Crippen molar-refractivity contribution >= 4 is 11.5 Å². The number of hydrogen-bond donors (Lipinski definition) is 2. The third-order valence-electron chi connectivity index (χ3n) is 1.84. The highest BCUT2D eigenvalue weighted by molar-refractivity contribution is 5.59. The summed E-state index contributed by atoms with van der Waals surface area (Å²) >= 11 is 0. The number of nitrogens with two attached hydrogens (primary N) is 2. The van der Waals surface area contributed by atoms with E-state index in [-0.39, 0.29) is 17.8 Å². The first-order valence-electron chi connectivity index (χ1n) is 3.88. The SMILES string of the molecule is NCc1c([N+](=O)[O-])ncc(C(F)F)c1N. The Kier molecular flexibility index (Phi) is 3.10. The third-order valence-corrected chi connectivity index (χ3v) is 1.84. The molecular formula is C7H8F2N4O2. The minimum absolute atomic E-state index is 0.169. The van der Waals surface area contributed by atoms with Crippen LogP contribution in [-0.4, -0.2) is 9.91 Å². The summed E-state index contributed by atoms with van der Waals surface area (Å²) in [6, 6.07) is 0. The van der Waals surface area contributed by atoms with E-state index in [0.29, 0.717) is 6.20 Å². The van der Waals surface area contributed by atoms with Crippen molar-refractivity contribution in [3.05, 3.63) is 27.4 Å². The molecule has 8 heteroatoms. The van der Waals surface area contributed by atoms with E-state index in [0.717, 1.165) is 0 Å². The lowest BCUT2D eigenvalue weighted by atomic mass is 10.1. The summed E-state index contributed by atoms with van der Waals surface area (Å²) in [5.74, 6) is -0.584. The zero-order valence-electron chi connectivity index (χ0n) is 7.48. The largest absolute Gasteiger partial charge is 0.398 e. The van der Waals surface area contributed by atoms with Gasteiger partial charge in [-0.3, -0.25) is 0 Å². The molecule has 0 radical (unpaired) electrons. The molecule has 1 aromatic heterocycles. The molecule has 0 aliphatic rings. The molecule has 0 aromatic carbocycles. The maximum absolute atomic E-state index is 12.3. The predicted molar refractivity (Wildman–Crippen MR) is 48.2 cm³/mol. The van der Waals surface area contributed by atoms with E-state index in [2.05, 4.69) is 4.98 Å². The van der Waals surface area contributed by atoms with Gasteiger partial charge >= 0.3 is 5.82 Å². The summed E-state index contributed by atoms with van der Waals surface area (Å²) in [7, 11) is 0. The zero-order valence-corrected chi connectivity index (χ0v) is 7.48. The van der Waals surface area contributed by atoms with Crippen LogP contribution in [0.2, 0.25) is 0 Å². The maximum Gasteiger partial charge on any atom is 0.370 e. The van der Waals surface area contributed by atoms with Crippen LogP contribution in [0.4, 0.5) is 20.3 Å². The molecule has 0 saturated carbocycles. The van der Waals surface area contributed by atoms with Crippen molar-refractivity contribution in [2.45, 2.75) is 13.0 Å². The van der Waals surface area contributed by atoms with Gasteiger partial charge < -0.3 is 21.6 Å². The van der Waals surface area contributed by atoms with E-state index >= 15 is 0 Å². The number of halogens is 2. The van der Waals surface area contributed by atoms with Gasteiger partial charge in [-0.1, -0.05) is 0 Å². The fraction of sp³-hybridized carbons (Fsp3) is 0.286. The monoisotopic (exact) mass is 218 g/mol. The van der Waals surface area contributed by atoms with Gasteiger partial charge in [0.2, 0.25) is 0 Å². The Morgan fingerprint density at radius 3 is 2.60 bits per heavy atom. The number of nitrogen functional groups attached to an aromatic ring is 1. The van der Waals surface area contributed by atoms with Crippen LogP contribution >= 0.6 is 0 Å². The lowest BCUT2D eigenvalue weighted by Gasteiger charge is -2.07. The number of hydrogen-bond acceptors (Lipinski definition) is 5. The van der Waals surface area contributed by atoms with Crippen LogP contribution < -0.4 is 11.5 Å². The van der Waals surface area contributed by atoms with Crippen molar-refractivity contribution in [1.29, 1.82) is 0 Å². The fourth-order valence-corrected chi connectivity index (χ4v) is 1.11. The average molecular weight is 218 g/mol. The number of nitrogens with zero attached hydrogens (tertiary/aromatic N) is 2. The zero-order chi connectivity index (χ0) is 11.6.